The lowest BCUT2D eigenvalue weighted by molar-refractivity contribution is 0.0696. The van der Waals surface area contributed by atoms with Gasteiger partial charge >= 0.3 is 5.97 Å². The Labute approximate surface area is 95.2 Å². The summed E-state index contributed by atoms with van der Waals surface area (Å²) in [7, 11) is 0. The molecule has 4 nitrogen and oxygen atoms in total. The molecular formula is C12H17NO3. The van der Waals surface area contributed by atoms with E-state index in [1.54, 1.807) is 18.2 Å². The molecule has 0 heterocycles. The summed E-state index contributed by atoms with van der Waals surface area (Å²) in [5.41, 5.74) is 0.249. The fraction of sp³-hybridized carbons (Fsp3) is 0.417. The Bertz CT molecular complexity index is 339. The summed E-state index contributed by atoms with van der Waals surface area (Å²) in [5.74, 6) is -0.340. The first-order chi connectivity index (χ1) is 7.74. The molecule has 0 fully saturated rings. The summed E-state index contributed by atoms with van der Waals surface area (Å²) in [5, 5.41) is 12.0. The van der Waals surface area contributed by atoms with E-state index in [1.807, 2.05) is 0 Å². The number of ether oxygens (including phenoxy) is 1. The van der Waals surface area contributed by atoms with Gasteiger partial charge in [-0.3, -0.25) is 0 Å². The highest BCUT2D eigenvalue weighted by atomic mass is 16.5. The van der Waals surface area contributed by atoms with Crippen LogP contribution in [0.15, 0.2) is 24.3 Å². The number of carboxylic acid groups (broad SMARTS) is 1. The van der Waals surface area contributed by atoms with Crippen molar-refractivity contribution in [3.05, 3.63) is 29.8 Å². The van der Waals surface area contributed by atoms with Crippen LogP contribution in [0.1, 0.15) is 23.7 Å². The molecule has 0 atom stereocenters. The molecule has 0 amide bonds. The number of hydrogen-bond donors (Lipinski definition) is 2. The lowest BCUT2D eigenvalue weighted by atomic mass is 10.2. The average Bonchev–Trinajstić information content (AvgIpc) is 2.29. The minimum Gasteiger partial charge on any atom is -0.492 e. The normalized spacial score (nSPS) is 10.1. The van der Waals surface area contributed by atoms with Gasteiger partial charge in [0.1, 0.15) is 12.4 Å². The van der Waals surface area contributed by atoms with Crippen molar-refractivity contribution in [2.45, 2.75) is 13.3 Å². The highest BCUT2D eigenvalue weighted by Gasteiger charge is 2.03. The SMILES string of the molecule is CCCNCCOc1cccc(C(=O)O)c1. The van der Waals surface area contributed by atoms with Crippen LogP contribution in [0.2, 0.25) is 0 Å². The van der Waals surface area contributed by atoms with Crippen LogP contribution >= 0.6 is 0 Å². The molecule has 0 aromatic heterocycles. The van der Waals surface area contributed by atoms with Gasteiger partial charge in [0.15, 0.2) is 0 Å². The Morgan fingerprint density at radius 2 is 2.25 bits per heavy atom. The standard InChI is InChI=1S/C12H17NO3/c1-2-6-13-7-8-16-11-5-3-4-10(9-11)12(14)15/h3-5,9,13H,2,6-8H2,1H3,(H,14,15). The average molecular weight is 223 g/mol. The molecule has 1 rings (SSSR count). The molecule has 88 valence electrons. The molecule has 16 heavy (non-hydrogen) atoms. The summed E-state index contributed by atoms with van der Waals surface area (Å²) in [4.78, 5) is 10.7. The highest BCUT2D eigenvalue weighted by molar-refractivity contribution is 5.87. The van der Waals surface area contributed by atoms with Gasteiger partial charge in [0.05, 0.1) is 5.56 Å². The zero-order valence-electron chi connectivity index (χ0n) is 9.40. The Morgan fingerprint density at radius 1 is 1.44 bits per heavy atom. The van der Waals surface area contributed by atoms with Crippen molar-refractivity contribution in [3.8, 4) is 5.75 Å². The van der Waals surface area contributed by atoms with Gasteiger partial charge in [0.2, 0.25) is 0 Å². The molecule has 0 aliphatic heterocycles. The maximum Gasteiger partial charge on any atom is 0.335 e. The van der Waals surface area contributed by atoms with E-state index in [0.717, 1.165) is 19.5 Å². The molecule has 4 heteroatoms. The number of rotatable bonds is 7. The third-order valence-electron chi connectivity index (χ3n) is 2.06. The van der Waals surface area contributed by atoms with Crippen LogP contribution in [-0.2, 0) is 0 Å². The fourth-order valence-electron chi connectivity index (χ4n) is 1.26. The third kappa shape index (κ3) is 4.31. The van der Waals surface area contributed by atoms with E-state index < -0.39 is 5.97 Å². The van der Waals surface area contributed by atoms with Crippen molar-refractivity contribution in [2.24, 2.45) is 0 Å². The zero-order valence-corrected chi connectivity index (χ0v) is 9.40. The molecule has 0 spiro atoms. The van der Waals surface area contributed by atoms with Gasteiger partial charge in [-0.1, -0.05) is 13.0 Å². The van der Waals surface area contributed by atoms with E-state index in [0.29, 0.717) is 12.4 Å². The number of carboxylic acids is 1. The molecule has 0 saturated carbocycles. The van der Waals surface area contributed by atoms with Crippen LogP contribution in [0.5, 0.6) is 5.75 Å². The lowest BCUT2D eigenvalue weighted by Crippen LogP contribution is -2.21. The Morgan fingerprint density at radius 3 is 2.94 bits per heavy atom. The lowest BCUT2D eigenvalue weighted by Gasteiger charge is -2.07. The van der Waals surface area contributed by atoms with Crippen molar-refractivity contribution in [1.29, 1.82) is 0 Å². The summed E-state index contributed by atoms with van der Waals surface area (Å²) in [6.45, 7) is 4.39. The zero-order chi connectivity index (χ0) is 11.8. The first-order valence-corrected chi connectivity index (χ1v) is 5.41. The Kier molecular flexibility index (Phi) is 5.36. The predicted octanol–water partition coefficient (Wildman–Crippen LogP) is 1.76. The van der Waals surface area contributed by atoms with Crippen LogP contribution in [-0.4, -0.2) is 30.8 Å². The summed E-state index contributed by atoms with van der Waals surface area (Å²) in [6.07, 6.45) is 1.09. The summed E-state index contributed by atoms with van der Waals surface area (Å²) < 4.78 is 5.42. The minimum absolute atomic E-state index is 0.249. The molecule has 2 N–H and O–H groups in total. The van der Waals surface area contributed by atoms with Gasteiger partial charge in [-0.15, -0.1) is 0 Å². The molecule has 1 aromatic rings. The van der Waals surface area contributed by atoms with E-state index >= 15 is 0 Å². The maximum absolute atomic E-state index is 10.7. The number of hydrogen-bond acceptors (Lipinski definition) is 3. The molecule has 1 aromatic carbocycles. The maximum atomic E-state index is 10.7. The van der Waals surface area contributed by atoms with Crippen LogP contribution in [0.4, 0.5) is 0 Å². The van der Waals surface area contributed by atoms with Crippen LogP contribution < -0.4 is 10.1 Å². The molecular weight excluding hydrogens is 206 g/mol. The molecule has 0 radical (unpaired) electrons. The van der Waals surface area contributed by atoms with Crippen molar-refractivity contribution < 1.29 is 14.6 Å². The smallest absolute Gasteiger partial charge is 0.335 e. The monoisotopic (exact) mass is 223 g/mol. The summed E-state index contributed by atoms with van der Waals surface area (Å²) >= 11 is 0. The molecule has 0 aliphatic carbocycles. The van der Waals surface area contributed by atoms with Gasteiger partial charge in [-0.2, -0.15) is 0 Å². The number of aromatic carboxylic acids is 1. The Balaban J connectivity index is 2.36. The fourth-order valence-corrected chi connectivity index (χ4v) is 1.26. The van der Waals surface area contributed by atoms with E-state index in [1.165, 1.54) is 6.07 Å². The van der Waals surface area contributed by atoms with Crippen molar-refractivity contribution in [3.63, 3.8) is 0 Å². The predicted molar refractivity (Wildman–Crippen MR) is 62.1 cm³/mol. The minimum atomic E-state index is -0.936. The van der Waals surface area contributed by atoms with E-state index in [4.69, 9.17) is 9.84 Å². The van der Waals surface area contributed by atoms with E-state index in [-0.39, 0.29) is 5.56 Å². The van der Waals surface area contributed by atoms with Gasteiger partial charge in [0.25, 0.3) is 0 Å². The van der Waals surface area contributed by atoms with Gasteiger partial charge in [0, 0.05) is 6.54 Å². The van der Waals surface area contributed by atoms with Gasteiger partial charge in [-0.25, -0.2) is 4.79 Å². The van der Waals surface area contributed by atoms with Gasteiger partial charge < -0.3 is 15.2 Å². The second-order valence-corrected chi connectivity index (χ2v) is 3.43. The highest BCUT2D eigenvalue weighted by Crippen LogP contribution is 2.12. The Hall–Kier alpha value is -1.55. The number of carbonyl (C=O) groups is 1. The molecule has 0 bridgehead atoms. The number of benzene rings is 1. The molecule has 0 saturated heterocycles. The van der Waals surface area contributed by atoms with E-state index in [9.17, 15) is 4.79 Å². The van der Waals surface area contributed by atoms with Crippen LogP contribution in [0.3, 0.4) is 0 Å². The van der Waals surface area contributed by atoms with Crippen LogP contribution in [0.25, 0.3) is 0 Å². The van der Waals surface area contributed by atoms with Crippen LogP contribution in [0, 0.1) is 0 Å². The number of nitrogens with one attached hydrogen (secondary N) is 1. The quantitative estimate of drug-likeness (QED) is 0.691. The van der Waals surface area contributed by atoms with Crippen molar-refractivity contribution in [2.75, 3.05) is 19.7 Å². The first-order valence-electron chi connectivity index (χ1n) is 5.41. The second kappa shape index (κ2) is 6.85. The largest absolute Gasteiger partial charge is 0.492 e. The molecule has 0 aliphatic rings. The third-order valence-corrected chi connectivity index (χ3v) is 2.06. The topological polar surface area (TPSA) is 58.6 Å². The molecule has 0 unspecified atom stereocenters. The van der Waals surface area contributed by atoms with Crippen molar-refractivity contribution in [1.82, 2.24) is 5.32 Å². The van der Waals surface area contributed by atoms with Crippen molar-refractivity contribution >= 4 is 5.97 Å². The first kappa shape index (κ1) is 12.5. The summed E-state index contributed by atoms with van der Waals surface area (Å²) in [6, 6.07) is 6.51. The van der Waals surface area contributed by atoms with E-state index in [2.05, 4.69) is 12.2 Å². The van der Waals surface area contributed by atoms with Gasteiger partial charge in [-0.05, 0) is 31.2 Å². The second-order valence-electron chi connectivity index (χ2n) is 3.43.